The molecule has 0 aromatic carbocycles. The van der Waals surface area contributed by atoms with Gasteiger partial charge in [0.1, 0.15) is 6.10 Å². The summed E-state index contributed by atoms with van der Waals surface area (Å²) in [6.07, 6.45) is 7.23. The quantitative estimate of drug-likeness (QED) is 0.0202. The highest BCUT2D eigenvalue weighted by Crippen LogP contribution is 2.50. The number of hydrogen-bond acceptors (Lipinski definition) is 13. The van der Waals surface area contributed by atoms with Crippen LogP contribution in [0.15, 0.2) is 23.8 Å². The molecule has 0 radical (unpaired) electrons. The molecule has 370 valence electrons. The molecule has 0 aromatic rings. The number of terminal acetylenes is 1. The highest BCUT2D eigenvalue weighted by Gasteiger charge is 2.58. The largest absolute Gasteiger partial charge is 0.466 e. The molecule has 0 bridgehead atoms. The molecule has 0 aromatic heterocycles. The number of esters is 3. The number of carbonyl (C=O) groups is 3. The van der Waals surface area contributed by atoms with Crippen molar-refractivity contribution < 1.29 is 61.9 Å². The average Bonchev–Trinajstić information content (AvgIpc) is 3.22. The maximum Gasteiger partial charge on any atom is 0.384 e. The lowest BCUT2D eigenvalue weighted by Gasteiger charge is -2.55. The Hall–Kier alpha value is -2.84. The van der Waals surface area contributed by atoms with Gasteiger partial charge in [0.25, 0.3) is 0 Å². The molecule has 0 aliphatic carbocycles. The summed E-state index contributed by atoms with van der Waals surface area (Å²) in [6, 6.07) is 2.51. The zero-order valence-corrected chi connectivity index (χ0v) is 44.6. The van der Waals surface area contributed by atoms with Gasteiger partial charge in [0.05, 0.1) is 63.4 Å². The highest BCUT2D eigenvalue weighted by molar-refractivity contribution is 6.74. The highest BCUT2D eigenvalue weighted by atomic mass is 28.4. The van der Waals surface area contributed by atoms with Crippen molar-refractivity contribution >= 4 is 34.5 Å². The van der Waals surface area contributed by atoms with Gasteiger partial charge in [-0.25, -0.2) is 9.59 Å². The Labute approximate surface area is 393 Å². The van der Waals surface area contributed by atoms with Gasteiger partial charge >= 0.3 is 17.9 Å². The first-order chi connectivity index (χ1) is 30.1. The number of ether oxygens (including phenoxy) is 6. The Morgan fingerprint density at radius 1 is 0.985 bits per heavy atom. The van der Waals surface area contributed by atoms with Crippen LogP contribution in [-0.4, -0.2) is 121 Å². The van der Waals surface area contributed by atoms with E-state index in [9.17, 15) is 24.6 Å². The van der Waals surface area contributed by atoms with Crippen LogP contribution in [0, 0.1) is 35.0 Å². The topological polar surface area (TPSA) is 166 Å². The molecule has 0 unspecified atom stereocenters. The molecule has 2 heterocycles. The standard InChI is InChI=1S/C50H84O13Si2/c1-18-48(9,10)26-25-38-27-36(29-45(54)57-14)28-41(59-38)34-50(58-15)49(11,12)43(52)32-39(61-50)31-40(63-65(19-2,20-3)21-4)33-46(55)60-42(30-37(51)23-22-24-44(53)56-13)35(5)62-64(16,17)47(6,7)8/h1,25-26,29,35,37-43,51-52H,19-21,23,27-28,30-34H2,2-17H3/b26-25+,36-29+/t35-,37+,38+,39-,40-,41+,42-,43+,50+/m1/s1. The van der Waals surface area contributed by atoms with E-state index in [1.165, 1.54) is 20.3 Å². The van der Waals surface area contributed by atoms with Crippen molar-refractivity contribution in [1.82, 2.24) is 0 Å². The summed E-state index contributed by atoms with van der Waals surface area (Å²) in [5, 5.41) is 22.9. The van der Waals surface area contributed by atoms with E-state index in [4.69, 9.17) is 39.0 Å². The predicted molar refractivity (Wildman–Crippen MR) is 257 cm³/mol. The molecule has 9 atom stereocenters. The zero-order valence-electron chi connectivity index (χ0n) is 42.6. The molecule has 2 saturated heterocycles. The summed E-state index contributed by atoms with van der Waals surface area (Å²) in [6.45, 7) is 26.5. The Morgan fingerprint density at radius 3 is 2.15 bits per heavy atom. The van der Waals surface area contributed by atoms with E-state index in [-0.39, 0.29) is 43.6 Å². The average molecular weight is 949 g/mol. The second-order valence-corrected chi connectivity index (χ2v) is 30.0. The molecule has 2 aliphatic heterocycles. The second-order valence-electron chi connectivity index (χ2n) is 20.6. The number of rotatable bonds is 22. The fraction of sp³-hybridized carbons (Fsp3) is 0.780. The summed E-state index contributed by atoms with van der Waals surface area (Å²) >= 11 is 0. The van der Waals surface area contributed by atoms with E-state index in [1.54, 1.807) is 7.11 Å². The van der Waals surface area contributed by atoms with Crippen LogP contribution in [-0.2, 0) is 51.7 Å². The molecule has 2 fully saturated rings. The lowest BCUT2D eigenvalue weighted by atomic mass is 9.70. The fourth-order valence-electron chi connectivity index (χ4n) is 8.29. The SMILES string of the molecule is C#CC(C)(C)/C=C/[C@H]1C/C(=C\C(=O)OC)C[C@@H](C[C@]2(OC)O[C@H](C[C@H](CC(=O)O[C@H](C[C@@H](O)CC#CC(=O)OC)[C@@H](C)O[Si](C)(C)C(C)(C)C)O[Si](CC)(CC)CC)C[C@H](O)C2(C)C)O1. The summed E-state index contributed by atoms with van der Waals surface area (Å²) in [5.74, 6) is 4.73. The van der Waals surface area contributed by atoms with Gasteiger partial charge in [-0.2, -0.15) is 0 Å². The Morgan fingerprint density at radius 2 is 1.62 bits per heavy atom. The monoisotopic (exact) mass is 949 g/mol. The smallest absolute Gasteiger partial charge is 0.384 e. The van der Waals surface area contributed by atoms with Crippen LogP contribution in [0.3, 0.4) is 0 Å². The van der Waals surface area contributed by atoms with Gasteiger partial charge < -0.3 is 47.5 Å². The van der Waals surface area contributed by atoms with Crippen LogP contribution in [0.4, 0.5) is 0 Å². The molecule has 65 heavy (non-hydrogen) atoms. The number of methoxy groups -OCH3 is 3. The Kier molecular flexibility index (Phi) is 22.4. The van der Waals surface area contributed by atoms with Crippen molar-refractivity contribution in [2.45, 2.75) is 218 Å². The zero-order chi connectivity index (χ0) is 49.6. The second kappa shape index (κ2) is 25.0. The molecule has 0 saturated carbocycles. The normalized spacial score (nSPS) is 25.4. The van der Waals surface area contributed by atoms with E-state index in [0.29, 0.717) is 12.8 Å². The molecule has 0 spiro atoms. The summed E-state index contributed by atoms with van der Waals surface area (Å²) in [4.78, 5) is 38.3. The van der Waals surface area contributed by atoms with E-state index in [1.807, 2.05) is 46.8 Å². The van der Waals surface area contributed by atoms with Gasteiger partial charge in [0.2, 0.25) is 0 Å². The van der Waals surface area contributed by atoms with Crippen molar-refractivity contribution in [3.05, 3.63) is 23.8 Å². The van der Waals surface area contributed by atoms with E-state index in [2.05, 4.69) is 77.1 Å². The number of allylic oxidation sites excluding steroid dienone is 1. The Bertz CT molecular complexity index is 1720. The fourth-order valence-corrected chi connectivity index (χ4v) is 12.6. The number of carbonyl (C=O) groups excluding carboxylic acids is 3. The molecule has 2 rings (SSSR count). The van der Waals surface area contributed by atoms with Crippen LogP contribution >= 0.6 is 0 Å². The van der Waals surface area contributed by atoms with Crippen molar-refractivity contribution in [3.63, 3.8) is 0 Å². The van der Waals surface area contributed by atoms with Gasteiger partial charge in [0, 0.05) is 55.6 Å². The first-order valence-electron chi connectivity index (χ1n) is 23.4. The number of aliphatic hydroxyl groups excluding tert-OH is 2. The van der Waals surface area contributed by atoms with Gasteiger partial charge in [-0.15, -0.1) is 6.42 Å². The Balaban J connectivity index is 2.54. The van der Waals surface area contributed by atoms with Gasteiger partial charge in [-0.1, -0.05) is 85.0 Å². The third-order valence-corrected chi connectivity index (χ3v) is 23.3. The molecule has 15 heteroatoms. The van der Waals surface area contributed by atoms with E-state index >= 15 is 0 Å². The third kappa shape index (κ3) is 17.0. The lowest BCUT2D eigenvalue weighted by Crippen LogP contribution is -2.62. The number of hydrogen-bond donors (Lipinski definition) is 2. The minimum atomic E-state index is -2.35. The molecule has 0 amide bonds. The molecule has 2 aliphatic rings. The summed E-state index contributed by atoms with van der Waals surface area (Å²) in [7, 11) is -0.537. The van der Waals surface area contributed by atoms with Crippen molar-refractivity contribution in [2.75, 3.05) is 21.3 Å². The van der Waals surface area contributed by atoms with Crippen LogP contribution < -0.4 is 0 Å². The van der Waals surface area contributed by atoms with Gasteiger partial charge in [-0.05, 0) is 76.3 Å². The van der Waals surface area contributed by atoms with Crippen LogP contribution in [0.1, 0.15) is 128 Å². The first kappa shape index (κ1) is 58.3. The van der Waals surface area contributed by atoms with Crippen LogP contribution in [0.25, 0.3) is 0 Å². The first-order valence-corrected chi connectivity index (χ1v) is 28.8. The maximum atomic E-state index is 14.3. The molecule has 13 nitrogen and oxygen atoms in total. The van der Waals surface area contributed by atoms with E-state index < -0.39 is 100.0 Å². The van der Waals surface area contributed by atoms with Crippen molar-refractivity contribution in [2.24, 2.45) is 10.8 Å². The predicted octanol–water partition coefficient (Wildman–Crippen LogP) is 8.57. The minimum absolute atomic E-state index is 0.0297. The lowest BCUT2D eigenvalue weighted by molar-refractivity contribution is -0.357. The van der Waals surface area contributed by atoms with E-state index in [0.717, 1.165) is 23.7 Å². The van der Waals surface area contributed by atoms with Crippen molar-refractivity contribution in [1.29, 1.82) is 0 Å². The number of aliphatic hydroxyl groups is 2. The van der Waals surface area contributed by atoms with Gasteiger partial charge in [-0.3, -0.25) is 4.79 Å². The maximum absolute atomic E-state index is 14.3. The van der Waals surface area contributed by atoms with Crippen LogP contribution in [0.5, 0.6) is 0 Å². The van der Waals surface area contributed by atoms with Gasteiger partial charge in [0.15, 0.2) is 22.4 Å². The molecular weight excluding hydrogens is 865 g/mol. The molecular formula is C50H84O13Si2. The molecule has 2 N–H and O–H groups in total. The van der Waals surface area contributed by atoms with Crippen molar-refractivity contribution in [3.8, 4) is 24.2 Å². The minimum Gasteiger partial charge on any atom is -0.466 e. The summed E-state index contributed by atoms with van der Waals surface area (Å²) in [5.41, 5.74) is -0.585. The third-order valence-electron chi connectivity index (χ3n) is 14.0. The van der Waals surface area contributed by atoms with Crippen LogP contribution in [0.2, 0.25) is 36.3 Å². The summed E-state index contributed by atoms with van der Waals surface area (Å²) < 4.78 is 49.6.